The Morgan fingerprint density at radius 3 is 2.05 bits per heavy atom. The van der Waals surface area contributed by atoms with Gasteiger partial charge in [0.2, 0.25) is 0 Å². The predicted octanol–water partition coefficient (Wildman–Crippen LogP) is 5.37. The van der Waals surface area contributed by atoms with Gasteiger partial charge in [-0.2, -0.15) is 0 Å². The van der Waals surface area contributed by atoms with Crippen molar-refractivity contribution in [3.63, 3.8) is 0 Å². The van der Waals surface area contributed by atoms with Crippen LogP contribution in [0.15, 0.2) is 23.1 Å². The first-order chi connectivity index (χ1) is 9.74. The van der Waals surface area contributed by atoms with Crippen LogP contribution in [-0.2, 0) is 6.54 Å². The fourth-order valence-electron chi connectivity index (χ4n) is 2.45. The van der Waals surface area contributed by atoms with Crippen LogP contribution in [0, 0.1) is 3.57 Å². The van der Waals surface area contributed by atoms with Gasteiger partial charge in [0.05, 0.1) is 0 Å². The third-order valence-electron chi connectivity index (χ3n) is 3.70. The lowest BCUT2D eigenvalue weighted by molar-refractivity contribution is 0.529. The maximum absolute atomic E-state index is 11.6. The van der Waals surface area contributed by atoms with Crippen LogP contribution in [0.5, 0.6) is 0 Å². The van der Waals surface area contributed by atoms with Crippen molar-refractivity contribution in [1.29, 1.82) is 0 Å². The molecule has 0 aliphatic heterocycles. The maximum atomic E-state index is 11.6. The predicted molar refractivity (Wildman–Crippen MR) is 95.3 cm³/mol. The average molecular weight is 389 g/mol. The van der Waals surface area contributed by atoms with Crippen LogP contribution in [0.1, 0.15) is 71.1 Å². The summed E-state index contributed by atoms with van der Waals surface area (Å²) in [5, 5.41) is 0. The molecule has 3 heteroatoms. The molecule has 0 bridgehead atoms. The lowest BCUT2D eigenvalue weighted by Crippen LogP contribution is -2.18. The molecule has 0 aliphatic carbocycles. The molecule has 2 nitrogen and oxygen atoms in total. The van der Waals surface area contributed by atoms with Crippen molar-refractivity contribution in [1.82, 2.24) is 4.57 Å². The average Bonchev–Trinajstić information content (AvgIpc) is 2.44. The quantitative estimate of drug-likeness (QED) is 0.368. The molecule has 114 valence electrons. The maximum Gasteiger partial charge on any atom is 0.250 e. The van der Waals surface area contributed by atoms with Gasteiger partial charge in [-0.25, -0.2) is 0 Å². The number of hydrogen-bond acceptors (Lipinski definition) is 1. The summed E-state index contributed by atoms with van der Waals surface area (Å²) in [7, 11) is 0. The summed E-state index contributed by atoms with van der Waals surface area (Å²) in [6.45, 7) is 3.13. The van der Waals surface area contributed by atoms with Crippen molar-refractivity contribution in [2.75, 3.05) is 0 Å². The molecule has 0 aromatic carbocycles. The van der Waals surface area contributed by atoms with Crippen molar-refractivity contribution in [2.45, 2.75) is 77.7 Å². The largest absolute Gasteiger partial charge is 0.314 e. The van der Waals surface area contributed by atoms with E-state index in [0.717, 1.165) is 16.5 Å². The fraction of sp³-hybridized carbons (Fsp3) is 0.706. The standard InChI is InChI=1S/C17H28INO/c1-2-3-4-5-6-7-8-9-10-11-14-19-15-16(18)12-13-17(19)20/h12-13,15H,2-11,14H2,1H3. The van der Waals surface area contributed by atoms with Crippen LogP contribution in [-0.4, -0.2) is 4.57 Å². The number of nitrogens with zero attached hydrogens (tertiary/aromatic N) is 1. The van der Waals surface area contributed by atoms with Crippen molar-refractivity contribution in [3.05, 3.63) is 32.3 Å². The van der Waals surface area contributed by atoms with Crippen LogP contribution in [0.25, 0.3) is 0 Å². The highest BCUT2D eigenvalue weighted by atomic mass is 127. The van der Waals surface area contributed by atoms with Crippen LogP contribution >= 0.6 is 22.6 Å². The molecule has 1 heterocycles. The molecule has 1 aromatic heterocycles. The van der Waals surface area contributed by atoms with E-state index in [1.165, 1.54) is 57.8 Å². The number of aryl methyl sites for hydroxylation is 1. The number of halogens is 1. The number of unbranched alkanes of at least 4 members (excludes halogenated alkanes) is 9. The van der Waals surface area contributed by atoms with Gasteiger partial charge in [-0.1, -0.05) is 64.7 Å². The van der Waals surface area contributed by atoms with Crippen LogP contribution in [0.3, 0.4) is 0 Å². The smallest absolute Gasteiger partial charge is 0.250 e. The number of aromatic nitrogens is 1. The Bertz CT molecular complexity index is 414. The summed E-state index contributed by atoms with van der Waals surface area (Å²) in [5.74, 6) is 0. The summed E-state index contributed by atoms with van der Waals surface area (Å²) in [6, 6.07) is 3.54. The zero-order chi connectivity index (χ0) is 14.6. The van der Waals surface area contributed by atoms with Crippen LogP contribution < -0.4 is 5.56 Å². The summed E-state index contributed by atoms with van der Waals surface area (Å²) in [6.07, 6.45) is 15.3. The summed E-state index contributed by atoms with van der Waals surface area (Å²) in [5.41, 5.74) is 0.126. The second kappa shape index (κ2) is 11.4. The lowest BCUT2D eigenvalue weighted by atomic mass is 10.1. The second-order valence-corrected chi connectivity index (χ2v) is 6.81. The zero-order valence-corrected chi connectivity index (χ0v) is 14.9. The molecule has 1 rings (SSSR count). The van der Waals surface area contributed by atoms with E-state index in [-0.39, 0.29) is 5.56 Å². The first-order valence-corrected chi connectivity index (χ1v) is 9.18. The monoisotopic (exact) mass is 389 g/mol. The molecule has 0 radical (unpaired) electrons. The molecule has 0 saturated heterocycles. The van der Waals surface area contributed by atoms with E-state index in [2.05, 4.69) is 29.5 Å². The molecule has 0 spiro atoms. The van der Waals surface area contributed by atoms with E-state index in [9.17, 15) is 4.79 Å². The van der Waals surface area contributed by atoms with E-state index < -0.39 is 0 Å². The van der Waals surface area contributed by atoms with Crippen LogP contribution in [0.2, 0.25) is 0 Å². The highest BCUT2D eigenvalue weighted by Crippen LogP contribution is 2.11. The summed E-state index contributed by atoms with van der Waals surface area (Å²) >= 11 is 2.26. The number of rotatable bonds is 11. The molecule has 0 atom stereocenters. The van der Waals surface area contributed by atoms with Crippen molar-refractivity contribution >= 4 is 22.6 Å². The minimum atomic E-state index is 0.126. The van der Waals surface area contributed by atoms with Gasteiger partial charge < -0.3 is 4.57 Å². The van der Waals surface area contributed by atoms with Crippen molar-refractivity contribution < 1.29 is 0 Å². The number of pyridine rings is 1. The van der Waals surface area contributed by atoms with E-state index in [4.69, 9.17) is 0 Å². The molecule has 0 saturated carbocycles. The Balaban J connectivity index is 1.99. The molecular formula is C17H28INO. The van der Waals surface area contributed by atoms with Gasteiger partial charge in [0.15, 0.2) is 0 Å². The Morgan fingerprint density at radius 1 is 0.900 bits per heavy atom. The van der Waals surface area contributed by atoms with Crippen LogP contribution in [0.4, 0.5) is 0 Å². The number of hydrogen-bond donors (Lipinski definition) is 0. The van der Waals surface area contributed by atoms with Gasteiger partial charge in [-0.3, -0.25) is 4.79 Å². The Hall–Kier alpha value is -0.320. The first-order valence-electron chi connectivity index (χ1n) is 8.10. The molecule has 1 aromatic rings. The molecule has 0 unspecified atom stereocenters. The fourth-order valence-corrected chi connectivity index (χ4v) is 2.96. The molecule has 20 heavy (non-hydrogen) atoms. The van der Waals surface area contributed by atoms with Gasteiger partial charge in [0.1, 0.15) is 0 Å². The normalized spacial score (nSPS) is 10.9. The van der Waals surface area contributed by atoms with E-state index in [0.29, 0.717) is 0 Å². The van der Waals surface area contributed by atoms with E-state index >= 15 is 0 Å². The third-order valence-corrected chi connectivity index (χ3v) is 4.34. The van der Waals surface area contributed by atoms with Gasteiger partial charge in [0, 0.05) is 22.4 Å². The Morgan fingerprint density at radius 2 is 1.45 bits per heavy atom. The molecule has 0 aliphatic rings. The Kier molecular flexibility index (Phi) is 10.1. The molecule has 0 fully saturated rings. The minimum absolute atomic E-state index is 0.126. The molecule has 0 amide bonds. The summed E-state index contributed by atoms with van der Waals surface area (Å²) in [4.78, 5) is 11.6. The molecule has 0 N–H and O–H groups in total. The second-order valence-electron chi connectivity index (χ2n) is 5.56. The summed E-state index contributed by atoms with van der Waals surface area (Å²) < 4.78 is 2.97. The van der Waals surface area contributed by atoms with Gasteiger partial charge in [0.25, 0.3) is 5.56 Å². The Labute approximate surface area is 137 Å². The van der Waals surface area contributed by atoms with Gasteiger partial charge in [-0.05, 0) is 35.1 Å². The zero-order valence-electron chi connectivity index (χ0n) is 12.7. The highest BCUT2D eigenvalue weighted by molar-refractivity contribution is 14.1. The van der Waals surface area contributed by atoms with Gasteiger partial charge in [-0.15, -0.1) is 0 Å². The highest BCUT2D eigenvalue weighted by Gasteiger charge is 1.97. The minimum Gasteiger partial charge on any atom is -0.314 e. The SMILES string of the molecule is CCCCCCCCCCCCn1cc(I)ccc1=O. The van der Waals surface area contributed by atoms with E-state index in [1.807, 2.05) is 16.8 Å². The third kappa shape index (κ3) is 8.08. The van der Waals surface area contributed by atoms with Crippen molar-refractivity contribution in [2.24, 2.45) is 0 Å². The van der Waals surface area contributed by atoms with Gasteiger partial charge >= 0.3 is 0 Å². The first kappa shape index (κ1) is 17.7. The molecular weight excluding hydrogens is 361 g/mol. The van der Waals surface area contributed by atoms with Crippen molar-refractivity contribution in [3.8, 4) is 0 Å². The topological polar surface area (TPSA) is 22.0 Å². The van der Waals surface area contributed by atoms with E-state index in [1.54, 1.807) is 6.07 Å². The lowest BCUT2D eigenvalue weighted by Gasteiger charge is -2.06.